The van der Waals surface area contributed by atoms with E-state index in [4.69, 9.17) is 5.11 Å². The van der Waals surface area contributed by atoms with Gasteiger partial charge in [0.25, 0.3) is 0 Å². The number of hydrogen-bond donors (Lipinski definition) is 2. The molecule has 0 aliphatic rings. The molecular formula is C16H16FNO2. The number of aromatic hydroxyl groups is 1. The number of hydrogen-bond acceptors (Lipinski definition) is 2. The van der Waals surface area contributed by atoms with Crippen molar-refractivity contribution in [3.05, 3.63) is 65.0 Å². The summed E-state index contributed by atoms with van der Waals surface area (Å²) in [6.45, 7) is 2.00. The van der Waals surface area contributed by atoms with Crippen molar-refractivity contribution >= 4 is 5.91 Å². The average molecular weight is 273 g/mol. The Hall–Kier alpha value is -2.36. The topological polar surface area (TPSA) is 49.3 Å². The molecule has 104 valence electrons. The van der Waals surface area contributed by atoms with E-state index in [1.807, 2.05) is 0 Å². The maximum Gasteiger partial charge on any atom is 0.224 e. The largest absolute Gasteiger partial charge is 0.508 e. The standard InChI is InChI=1S/C16H16FNO2/c1-11-2-3-13(8-15(11)17)10-18-16(20)9-12-4-6-14(19)7-5-12/h2-8,19H,9-10H2,1H3,(H,18,20). The number of nitrogens with one attached hydrogen (secondary N) is 1. The fourth-order valence-electron chi connectivity index (χ4n) is 1.81. The van der Waals surface area contributed by atoms with Crippen LogP contribution < -0.4 is 5.32 Å². The van der Waals surface area contributed by atoms with Crippen molar-refractivity contribution in [1.29, 1.82) is 0 Å². The molecule has 0 unspecified atom stereocenters. The van der Waals surface area contributed by atoms with Crippen LogP contribution in [0.5, 0.6) is 5.75 Å². The molecule has 0 bridgehead atoms. The van der Waals surface area contributed by atoms with Crippen LogP contribution in [0.4, 0.5) is 4.39 Å². The molecule has 3 nitrogen and oxygen atoms in total. The molecule has 2 aromatic rings. The third-order valence-electron chi connectivity index (χ3n) is 3.03. The summed E-state index contributed by atoms with van der Waals surface area (Å²) in [4.78, 5) is 11.8. The van der Waals surface area contributed by atoms with Gasteiger partial charge in [-0.1, -0.05) is 24.3 Å². The summed E-state index contributed by atoms with van der Waals surface area (Å²) < 4.78 is 13.4. The zero-order valence-electron chi connectivity index (χ0n) is 11.2. The predicted octanol–water partition coefficient (Wildman–Crippen LogP) is 2.70. The molecule has 4 heteroatoms. The zero-order valence-corrected chi connectivity index (χ0v) is 11.2. The molecule has 0 atom stereocenters. The Bertz CT molecular complexity index is 608. The number of halogens is 1. The summed E-state index contributed by atoms with van der Waals surface area (Å²) in [5.41, 5.74) is 2.13. The van der Waals surface area contributed by atoms with Gasteiger partial charge in [0, 0.05) is 6.54 Å². The van der Waals surface area contributed by atoms with Gasteiger partial charge in [-0.2, -0.15) is 0 Å². The van der Waals surface area contributed by atoms with E-state index < -0.39 is 0 Å². The molecule has 0 heterocycles. The Kier molecular flexibility index (Phi) is 4.35. The van der Waals surface area contributed by atoms with Gasteiger partial charge in [0.2, 0.25) is 5.91 Å². The van der Waals surface area contributed by atoms with Gasteiger partial charge in [-0.25, -0.2) is 4.39 Å². The van der Waals surface area contributed by atoms with Crippen LogP contribution in [0.3, 0.4) is 0 Å². The summed E-state index contributed by atoms with van der Waals surface area (Å²) in [7, 11) is 0. The lowest BCUT2D eigenvalue weighted by Crippen LogP contribution is -2.24. The van der Waals surface area contributed by atoms with E-state index >= 15 is 0 Å². The minimum atomic E-state index is -0.268. The lowest BCUT2D eigenvalue weighted by atomic mass is 10.1. The van der Waals surface area contributed by atoms with Crippen LogP contribution in [0, 0.1) is 12.7 Å². The smallest absolute Gasteiger partial charge is 0.224 e. The van der Waals surface area contributed by atoms with Crippen molar-refractivity contribution < 1.29 is 14.3 Å². The fraction of sp³-hybridized carbons (Fsp3) is 0.188. The Morgan fingerprint density at radius 2 is 1.80 bits per heavy atom. The van der Waals surface area contributed by atoms with Crippen LogP contribution in [-0.2, 0) is 17.8 Å². The van der Waals surface area contributed by atoms with Crippen LogP contribution in [0.2, 0.25) is 0 Å². The van der Waals surface area contributed by atoms with E-state index in [1.165, 1.54) is 18.2 Å². The number of phenols is 1. The first kappa shape index (κ1) is 14.1. The maximum atomic E-state index is 13.4. The number of benzene rings is 2. The lowest BCUT2D eigenvalue weighted by Gasteiger charge is -2.07. The van der Waals surface area contributed by atoms with E-state index in [9.17, 15) is 9.18 Å². The number of phenolic OH excluding ortho intramolecular Hbond substituents is 1. The second-order valence-electron chi connectivity index (χ2n) is 4.70. The van der Waals surface area contributed by atoms with E-state index in [1.54, 1.807) is 31.2 Å². The van der Waals surface area contributed by atoms with E-state index in [0.29, 0.717) is 12.1 Å². The summed E-state index contributed by atoms with van der Waals surface area (Å²) in [5.74, 6) is -0.240. The van der Waals surface area contributed by atoms with Crippen molar-refractivity contribution in [3.63, 3.8) is 0 Å². The molecule has 0 radical (unpaired) electrons. The predicted molar refractivity (Wildman–Crippen MR) is 74.8 cm³/mol. The highest BCUT2D eigenvalue weighted by Crippen LogP contribution is 2.11. The molecule has 0 saturated heterocycles. The minimum Gasteiger partial charge on any atom is -0.508 e. The summed E-state index contributed by atoms with van der Waals surface area (Å²) in [5, 5.41) is 11.9. The highest BCUT2D eigenvalue weighted by Gasteiger charge is 2.05. The lowest BCUT2D eigenvalue weighted by molar-refractivity contribution is -0.120. The third kappa shape index (κ3) is 3.82. The van der Waals surface area contributed by atoms with E-state index in [2.05, 4.69) is 5.32 Å². The number of carbonyl (C=O) groups excluding carboxylic acids is 1. The Labute approximate surface area is 117 Å². The monoisotopic (exact) mass is 273 g/mol. The highest BCUT2D eigenvalue weighted by molar-refractivity contribution is 5.78. The fourth-order valence-corrected chi connectivity index (χ4v) is 1.81. The average Bonchev–Trinajstić information content (AvgIpc) is 2.43. The van der Waals surface area contributed by atoms with Crippen molar-refractivity contribution in [3.8, 4) is 5.75 Å². The van der Waals surface area contributed by atoms with Gasteiger partial charge >= 0.3 is 0 Å². The van der Waals surface area contributed by atoms with Gasteiger partial charge in [-0.3, -0.25) is 4.79 Å². The molecule has 2 N–H and O–H groups in total. The molecule has 0 fully saturated rings. The molecule has 20 heavy (non-hydrogen) atoms. The molecule has 1 amide bonds. The molecule has 0 spiro atoms. The number of rotatable bonds is 4. The van der Waals surface area contributed by atoms with Crippen LogP contribution in [0.15, 0.2) is 42.5 Å². The van der Waals surface area contributed by atoms with Crippen molar-refractivity contribution in [2.45, 2.75) is 19.9 Å². The summed E-state index contributed by atoms with van der Waals surface area (Å²) >= 11 is 0. The Morgan fingerprint density at radius 1 is 1.15 bits per heavy atom. The zero-order chi connectivity index (χ0) is 14.5. The Morgan fingerprint density at radius 3 is 2.45 bits per heavy atom. The molecule has 2 rings (SSSR count). The van der Waals surface area contributed by atoms with Gasteiger partial charge in [0.15, 0.2) is 0 Å². The van der Waals surface area contributed by atoms with Crippen molar-refractivity contribution in [2.24, 2.45) is 0 Å². The first-order valence-electron chi connectivity index (χ1n) is 6.34. The molecule has 0 aliphatic carbocycles. The number of carbonyl (C=O) groups is 1. The van der Waals surface area contributed by atoms with E-state index in [0.717, 1.165) is 11.1 Å². The van der Waals surface area contributed by atoms with Gasteiger partial charge in [0.1, 0.15) is 11.6 Å². The molecule has 0 aliphatic heterocycles. The van der Waals surface area contributed by atoms with Crippen LogP contribution in [-0.4, -0.2) is 11.0 Å². The maximum absolute atomic E-state index is 13.4. The minimum absolute atomic E-state index is 0.142. The summed E-state index contributed by atoms with van der Waals surface area (Å²) in [6, 6.07) is 11.4. The van der Waals surface area contributed by atoms with E-state index in [-0.39, 0.29) is 23.9 Å². The van der Waals surface area contributed by atoms with Crippen LogP contribution in [0.1, 0.15) is 16.7 Å². The first-order chi connectivity index (χ1) is 9.54. The molecule has 0 saturated carbocycles. The van der Waals surface area contributed by atoms with Gasteiger partial charge in [-0.15, -0.1) is 0 Å². The van der Waals surface area contributed by atoms with Crippen molar-refractivity contribution in [2.75, 3.05) is 0 Å². The Balaban J connectivity index is 1.88. The van der Waals surface area contributed by atoms with Crippen molar-refractivity contribution in [1.82, 2.24) is 5.32 Å². The second kappa shape index (κ2) is 6.19. The summed E-state index contributed by atoms with van der Waals surface area (Å²) in [6.07, 6.45) is 0.231. The van der Waals surface area contributed by atoms with Crippen LogP contribution in [0.25, 0.3) is 0 Å². The highest BCUT2D eigenvalue weighted by atomic mass is 19.1. The second-order valence-corrected chi connectivity index (χ2v) is 4.70. The number of amides is 1. The third-order valence-corrected chi connectivity index (χ3v) is 3.03. The molecule has 0 aromatic heterocycles. The van der Waals surface area contributed by atoms with Gasteiger partial charge in [-0.05, 0) is 41.8 Å². The van der Waals surface area contributed by atoms with Gasteiger partial charge < -0.3 is 10.4 Å². The van der Waals surface area contributed by atoms with Crippen LogP contribution >= 0.6 is 0 Å². The molecule has 2 aromatic carbocycles. The quantitative estimate of drug-likeness (QED) is 0.899. The SMILES string of the molecule is Cc1ccc(CNC(=O)Cc2ccc(O)cc2)cc1F. The number of aryl methyl sites for hydroxylation is 1. The molecular weight excluding hydrogens is 257 g/mol. The van der Waals surface area contributed by atoms with Gasteiger partial charge in [0.05, 0.1) is 6.42 Å². The normalized spacial score (nSPS) is 10.3. The first-order valence-corrected chi connectivity index (χ1v) is 6.34.